The summed E-state index contributed by atoms with van der Waals surface area (Å²) in [5.41, 5.74) is 2.34. The molecule has 0 amide bonds. The van der Waals surface area contributed by atoms with E-state index >= 15 is 0 Å². The number of hydrogen-bond donors (Lipinski definition) is 1. The fraction of sp³-hybridized carbons (Fsp3) is 0.667. The number of aryl methyl sites for hydroxylation is 1. The Morgan fingerprint density at radius 3 is 2.38 bits per heavy atom. The molecule has 0 aliphatic rings. The number of benzene rings is 1. The fourth-order valence-corrected chi connectivity index (χ4v) is 2.48. The number of nitrogens with zero attached hydrogens (tertiary/aromatic N) is 1. The Balaban J connectivity index is 2.64. The van der Waals surface area contributed by atoms with Gasteiger partial charge in [0.2, 0.25) is 0 Å². The summed E-state index contributed by atoms with van der Waals surface area (Å²) in [5, 5.41) is 10.5. The molecule has 0 bridgehead atoms. The zero-order valence-electron chi connectivity index (χ0n) is 14.0. The van der Waals surface area contributed by atoms with Gasteiger partial charge in [0, 0.05) is 26.2 Å². The van der Waals surface area contributed by atoms with Gasteiger partial charge in [-0.15, -0.1) is 0 Å². The van der Waals surface area contributed by atoms with Crippen LogP contribution in [-0.4, -0.2) is 42.9 Å². The number of hydrogen-bond acceptors (Lipinski definition) is 3. The Kier molecular flexibility index (Phi) is 8.58. The summed E-state index contributed by atoms with van der Waals surface area (Å²) in [4.78, 5) is 2.30. The van der Waals surface area contributed by atoms with Crippen molar-refractivity contribution in [3.8, 4) is 0 Å². The molecule has 0 spiro atoms. The predicted octanol–water partition coefficient (Wildman–Crippen LogP) is 3.42. The van der Waals surface area contributed by atoms with Gasteiger partial charge >= 0.3 is 0 Å². The molecule has 1 N–H and O–H groups in total. The molecular formula is C18H31NO2. The average Bonchev–Trinajstić information content (AvgIpc) is 2.51. The van der Waals surface area contributed by atoms with Crippen LogP contribution in [0.15, 0.2) is 24.3 Å². The second kappa shape index (κ2) is 9.93. The number of aliphatic hydroxyl groups is 1. The monoisotopic (exact) mass is 293 g/mol. The number of rotatable bonds is 10. The van der Waals surface area contributed by atoms with Gasteiger partial charge < -0.3 is 9.84 Å². The first-order chi connectivity index (χ1) is 10.1. The van der Waals surface area contributed by atoms with E-state index in [9.17, 15) is 5.11 Å². The summed E-state index contributed by atoms with van der Waals surface area (Å²) in [5.74, 6) is 0. The summed E-state index contributed by atoms with van der Waals surface area (Å²) in [7, 11) is 1.72. The fourth-order valence-electron chi connectivity index (χ4n) is 2.48. The summed E-state index contributed by atoms with van der Waals surface area (Å²) in [6.07, 6.45) is 2.89. The molecule has 1 aromatic carbocycles. The van der Waals surface area contributed by atoms with Crippen LogP contribution in [0.25, 0.3) is 0 Å². The molecular weight excluding hydrogens is 262 g/mol. The minimum Gasteiger partial charge on any atom is -0.387 e. The molecule has 0 fully saturated rings. The number of ether oxygens (including phenoxy) is 1. The maximum absolute atomic E-state index is 10.5. The molecule has 1 aromatic rings. The largest absolute Gasteiger partial charge is 0.387 e. The molecule has 21 heavy (non-hydrogen) atoms. The Morgan fingerprint density at radius 2 is 1.86 bits per heavy atom. The van der Waals surface area contributed by atoms with E-state index in [0.29, 0.717) is 19.2 Å². The SMILES string of the molecule is CCCc1ccc(C(O)CN(CCOC)C(C)CC)cc1. The summed E-state index contributed by atoms with van der Waals surface area (Å²) < 4.78 is 5.17. The molecule has 0 aliphatic carbocycles. The number of methoxy groups -OCH3 is 1. The maximum Gasteiger partial charge on any atom is 0.0917 e. The standard InChI is InChI=1S/C18H31NO2/c1-5-7-16-8-10-17(11-9-16)18(20)14-19(12-13-21-4)15(3)6-2/h8-11,15,18,20H,5-7,12-14H2,1-4H3. The van der Waals surface area contributed by atoms with Crippen LogP contribution >= 0.6 is 0 Å². The molecule has 0 heterocycles. The Labute approximate surface area is 129 Å². The lowest BCUT2D eigenvalue weighted by molar-refractivity contribution is 0.0668. The Bertz CT molecular complexity index is 377. The second-order valence-corrected chi connectivity index (χ2v) is 5.75. The van der Waals surface area contributed by atoms with Crippen LogP contribution in [-0.2, 0) is 11.2 Å². The van der Waals surface area contributed by atoms with Crippen LogP contribution in [0.3, 0.4) is 0 Å². The van der Waals surface area contributed by atoms with Crippen molar-refractivity contribution in [3.63, 3.8) is 0 Å². The third-order valence-electron chi connectivity index (χ3n) is 4.11. The first kappa shape index (κ1) is 18.1. The zero-order chi connectivity index (χ0) is 15.7. The van der Waals surface area contributed by atoms with Gasteiger partial charge in [-0.2, -0.15) is 0 Å². The molecule has 3 heteroatoms. The van der Waals surface area contributed by atoms with E-state index in [1.54, 1.807) is 7.11 Å². The normalized spacial score (nSPS) is 14.4. The lowest BCUT2D eigenvalue weighted by atomic mass is 10.0. The molecule has 3 nitrogen and oxygen atoms in total. The molecule has 120 valence electrons. The molecule has 0 aromatic heterocycles. The van der Waals surface area contributed by atoms with Crippen molar-refractivity contribution in [1.29, 1.82) is 0 Å². The maximum atomic E-state index is 10.5. The van der Waals surface area contributed by atoms with E-state index in [-0.39, 0.29) is 0 Å². The molecule has 2 unspecified atom stereocenters. The lowest BCUT2D eigenvalue weighted by Crippen LogP contribution is -2.38. The smallest absolute Gasteiger partial charge is 0.0917 e. The highest BCUT2D eigenvalue weighted by atomic mass is 16.5. The van der Waals surface area contributed by atoms with Crippen LogP contribution in [0.2, 0.25) is 0 Å². The third-order valence-corrected chi connectivity index (χ3v) is 4.11. The van der Waals surface area contributed by atoms with Crippen molar-refractivity contribution >= 4 is 0 Å². The Hall–Kier alpha value is -0.900. The van der Waals surface area contributed by atoms with Crippen LogP contribution < -0.4 is 0 Å². The minimum atomic E-state index is -0.438. The molecule has 0 saturated heterocycles. The average molecular weight is 293 g/mol. The highest BCUT2D eigenvalue weighted by Gasteiger charge is 2.17. The topological polar surface area (TPSA) is 32.7 Å². The molecule has 1 rings (SSSR count). The van der Waals surface area contributed by atoms with Crippen LogP contribution in [0.4, 0.5) is 0 Å². The van der Waals surface area contributed by atoms with Gasteiger partial charge in [-0.25, -0.2) is 0 Å². The predicted molar refractivity (Wildman–Crippen MR) is 88.6 cm³/mol. The van der Waals surface area contributed by atoms with Gasteiger partial charge in [-0.1, -0.05) is 44.5 Å². The van der Waals surface area contributed by atoms with Crippen LogP contribution in [0.1, 0.15) is 50.8 Å². The van der Waals surface area contributed by atoms with E-state index in [1.165, 1.54) is 5.56 Å². The Morgan fingerprint density at radius 1 is 1.19 bits per heavy atom. The van der Waals surface area contributed by atoms with Gasteiger partial charge in [-0.05, 0) is 30.9 Å². The van der Waals surface area contributed by atoms with E-state index < -0.39 is 6.10 Å². The van der Waals surface area contributed by atoms with Crippen molar-refractivity contribution < 1.29 is 9.84 Å². The summed E-state index contributed by atoms with van der Waals surface area (Å²) in [6.45, 7) is 8.78. The molecule has 0 radical (unpaired) electrons. The molecule has 0 saturated carbocycles. The second-order valence-electron chi connectivity index (χ2n) is 5.75. The minimum absolute atomic E-state index is 0.438. The van der Waals surface area contributed by atoms with Crippen molar-refractivity contribution in [2.45, 2.75) is 52.2 Å². The third kappa shape index (κ3) is 6.16. The molecule has 2 atom stereocenters. The van der Waals surface area contributed by atoms with E-state index in [1.807, 2.05) is 0 Å². The van der Waals surface area contributed by atoms with Crippen LogP contribution in [0, 0.1) is 0 Å². The van der Waals surface area contributed by atoms with Gasteiger partial charge in [0.1, 0.15) is 0 Å². The first-order valence-electron chi connectivity index (χ1n) is 8.12. The van der Waals surface area contributed by atoms with Crippen molar-refractivity contribution in [2.24, 2.45) is 0 Å². The van der Waals surface area contributed by atoms with Crippen molar-refractivity contribution in [3.05, 3.63) is 35.4 Å². The van der Waals surface area contributed by atoms with Crippen LogP contribution in [0.5, 0.6) is 0 Å². The number of aliphatic hydroxyl groups excluding tert-OH is 1. The van der Waals surface area contributed by atoms with Gasteiger partial charge in [0.05, 0.1) is 12.7 Å². The highest BCUT2D eigenvalue weighted by molar-refractivity contribution is 5.24. The van der Waals surface area contributed by atoms with Gasteiger partial charge in [-0.3, -0.25) is 4.90 Å². The highest BCUT2D eigenvalue weighted by Crippen LogP contribution is 2.18. The zero-order valence-corrected chi connectivity index (χ0v) is 14.0. The molecule has 0 aliphatic heterocycles. The quantitative estimate of drug-likeness (QED) is 0.717. The summed E-state index contributed by atoms with van der Waals surface area (Å²) >= 11 is 0. The first-order valence-corrected chi connectivity index (χ1v) is 8.12. The van der Waals surface area contributed by atoms with E-state index in [0.717, 1.165) is 31.4 Å². The van der Waals surface area contributed by atoms with Crippen molar-refractivity contribution in [1.82, 2.24) is 4.90 Å². The van der Waals surface area contributed by atoms with Crippen molar-refractivity contribution in [2.75, 3.05) is 26.8 Å². The van der Waals surface area contributed by atoms with E-state index in [4.69, 9.17) is 4.74 Å². The lowest BCUT2D eigenvalue weighted by Gasteiger charge is -2.30. The van der Waals surface area contributed by atoms with Gasteiger partial charge in [0.25, 0.3) is 0 Å². The van der Waals surface area contributed by atoms with Gasteiger partial charge in [0.15, 0.2) is 0 Å². The van der Waals surface area contributed by atoms with E-state index in [2.05, 4.69) is 49.9 Å². The summed E-state index contributed by atoms with van der Waals surface area (Å²) in [6, 6.07) is 8.83.